The maximum Gasteiger partial charge on any atom is 0.336 e. The molecule has 4 heteroatoms. The van der Waals surface area contributed by atoms with Crippen molar-refractivity contribution in [1.82, 2.24) is 0 Å². The molecule has 0 bridgehead atoms. The van der Waals surface area contributed by atoms with Crippen molar-refractivity contribution >= 4 is 17.3 Å². The van der Waals surface area contributed by atoms with Crippen LogP contribution in [0.15, 0.2) is 18.2 Å². The standard InChI is InChI=1S/C19H26O4/c1-11(20)8-13(17(22)23)12-9-14(18(2,3)4)16(21)15(10-12)19(5,6)7/h8-10,21H,1-7H3,(H,22,23). The van der Waals surface area contributed by atoms with Gasteiger partial charge in [0.05, 0.1) is 5.57 Å². The zero-order chi connectivity index (χ0) is 18.2. The molecule has 0 heterocycles. The highest BCUT2D eigenvalue weighted by Crippen LogP contribution is 2.41. The monoisotopic (exact) mass is 318 g/mol. The number of phenolic OH excluding ortho intramolecular Hbond substituents is 1. The Bertz CT molecular complexity index is 633. The van der Waals surface area contributed by atoms with Crippen LogP contribution in [0, 0.1) is 0 Å². The predicted molar refractivity (Wildman–Crippen MR) is 91.8 cm³/mol. The van der Waals surface area contributed by atoms with Crippen LogP contribution in [0.4, 0.5) is 0 Å². The number of benzene rings is 1. The first-order valence-corrected chi connectivity index (χ1v) is 7.59. The maximum absolute atomic E-state index is 11.6. The second-order valence-electron chi connectivity index (χ2n) is 7.89. The molecule has 0 atom stereocenters. The van der Waals surface area contributed by atoms with Crippen molar-refractivity contribution in [2.45, 2.75) is 59.3 Å². The van der Waals surface area contributed by atoms with E-state index in [0.29, 0.717) is 16.7 Å². The van der Waals surface area contributed by atoms with Crippen LogP contribution in [0.5, 0.6) is 5.75 Å². The first kappa shape index (κ1) is 18.9. The summed E-state index contributed by atoms with van der Waals surface area (Å²) in [7, 11) is 0. The number of hydrogen-bond donors (Lipinski definition) is 2. The zero-order valence-electron chi connectivity index (χ0n) is 14.9. The lowest BCUT2D eigenvalue weighted by Crippen LogP contribution is -2.18. The van der Waals surface area contributed by atoms with Crippen molar-refractivity contribution in [3.8, 4) is 5.75 Å². The summed E-state index contributed by atoms with van der Waals surface area (Å²) in [4.78, 5) is 22.9. The Kier molecular flexibility index (Phi) is 5.10. The highest BCUT2D eigenvalue weighted by atomic mass is 16.4. The second-order valence-corrected chi connectivity index (χ2v) is 7.89. The molecule has 0 radical (unpaired) electrons. The van der Waals surface area contributed by atoms with E-state index in [1.165, 1.54) is 6.92 Å². The molecule has 1 aromatic rings. The van der Waals surface area contributed by atoms with Gasteiger partial charge in [-0.3, -0.25) is 4.79 Å². The van der Waals surface area contributed by atoms with Gasteiger partial charge >= 0.3 is 5.97 Å². The van der Waals surface area contributed by atoms with E-state index < -0.39 is 5.97 Å². The minimum atomic E-state index is -1.16. The van der Waals surface area contributed by atoms with E-state index in [1.807, 2.05) is 41.5 Å². The first-order valence-electron chi connectivity index (χ1n) is 7.59. The summed E-state index contributed by atoms with van der Waals surface area (Å²) < 4.78 is 0. The third-order valence-electron chi connectivity index (χ3n) is 3.61. The van der Waals surface area contributed by atoms with Crippen LogP contribution >= 0.6 is 0 Å². The summed E-state index contributed by atoms with van der Waals surface area (Å²) >= 11 is 0. The molecule has 0 saturated carbocycles. The van der Waals surface area contributed by atoms with Crippen molar-refractivity contribution in [3.63, 3.8) is 0 Å². The molecule has 23 heavy (non-hydrogen) atoms. The molecule has 1 rings (SSSR count). The lowest BCUT2D eigenvalue weighted by Gasteiger charge is -2.28. The van der Waals surface area contributed by atoms with Crippen LogP contribution < -0.4 is 0 Å². The number of allylic oxidation sites excluding steroid dienone is 1. The predicted octanol–water partition coefficient (Wildman–Crippen LogP) is 4.04. The average Bonchev–Trinajstić information content (AvgIpc) is 2.33. The SMILES string of the molecule is CC(=O)C=C(C(=O)O)c1cc(C(C)(C)C)c(O)c(C(C)(C)C)c1. The molecule has 1 aromatic carbocycles. The summed E-state index contributed by atoms with van der Waals surface area (Å²) in [5.41, 5.74) is 0.972. The number of ketones is 1. The van der Waals surface area contributed by atoms with Crippen LogP contribution in [0.1, 0.15) is 65.2 Å². The number of carboxylic acid groups (broad SMARTS) is 1. The minimum absolute atomic E-state index is 0.0616. The Balaban J connectivity index is 3.82. The van der Waals surface area contributed by atoms with Gasteiger partial charge in [0.2, 0.25) is 0 Å². The van der Waals surface area contributed by atoms with Crippen molar-refractivity contribution in [1.29, 1.82) is 0 Å². The molecule has 0 aliphatic rings. The van der Waals surface area contributed by atoms with Crippen LogP contribution in [0.3, 0.4) is 0 Å². The van der Waals surface area contributed by atoms with Gasteiger partial charge in [-0.05, 0) is 41.5 Å². The molecule has 126 valence electrons. The molecule has 2 N–H and O–H groups in total. The molecule has 0 saturated heterocycles. The van der Waals surface area contributed by atoms with Crippen LogP contribution in [-0.2, 0) is 20.4 Å². The number of carbonyl (C=O) groups is 2. The molecule has 4 nitrogen and oxygen atoms in total. The van der Waals surface area contributed by atoms with Crippen LogP contribution in [0.2, 0.25) is 0 Å². The normalized spacial score (nSPS) is 13.1. The first-order chi connectivity index (χ1) is 10.2. The maximum atomic E-state index is 11.6. The fourth-order valence-corrected chi connectivity index (χ4v) is 2.41. The van der Waals surface area contributed by atoms with E-state index in [1.54, 1.807) is 12.1 Å². The minimum Gasteiger partial charge on any atom is -0.507 e. The third kappa shape index (κ3) is 4.44. The lowest BCUT2D eigenvalue weighted by molar-refractivity contribution is -0.130. The van der Waals surface area contributed by atoms with Crippen molar-refractivity contribution in [2.24, 2.45) is 0 Å². The Morgan fingerprint density at radius 3 is 1.61 bits per heavy atom. The van der Waals surface area contributed by atoms with Gasteiger partial charge in [0.25, 0.3) is 0 Å². The third-order valence-corrected chi connectivity index (χ3v) is 3.61. The van der Waals surface area contributed by atoms with Crippen molar-refractivity contribution < 1.29 is 19.8 Å². The number of carboxylic acids is 1. The lowest BCUT2D eigenvalue weighted by atomic mass is 9.77. The highest BCUT2D eigenvalue weighted by Gasteiger charge is 2.28. The van der Waals surface area contributed by atoms with Gasteiger partial charge < -0.3 is 10.2 Å². The Hall–Kier alpha value is -2.10. The Morgan fingerprint density at radius 2 is 1.35 bits per heavy atom. The number of aromatic hydroxyl groups is 1. The van der Waals surface area contributed by atoms with Crippen LogP contribution in [0.25, 0.3) is 5.57 Å². The fourth-order valence-electron chi connectivity index (χ4n) is 2.41. The van der Waals surface area contributed by atoms with Gasteiger partial charge in [-0.25, -0.2) is 4.79 Å². The quantitative estimate of drug-likeness (QED) is 0.825. The average molecular weight is 318 g/mol. The van der Waals surface area contributed by atoms with E-state index >= 15 is 0 Å². The molecule has 0 aliphatic carbocycles. The van der Waals surface area contributed by atoms with Crippen molar-refractivity contribution in [2.75, 3.05) is 0 Å². The number of rotatable bonds is 3. The van der Waals surface area contributed by atoms with E-state index in [0.717, 1.165) is 6.08 Å². The van der Waals surface area contributed by atoms with Crippen LogP contribution in [-0.4, -0.2) is 22.0 Å². The summed E-state index contributed by atoms with van der Waals surface area (Å²) in [6.07, 6.45) is 1.12. The van der Waals surface area contributed by atoms with Gasteiger partial charge in [0.1, 0.15) is 5.75 Å². The van der Waals surface area contributed by atoms with Gasteiger partial charge in [-0.1, -0.05) is 41.5 Å². The summed E-state index contributed by atoms with van der Waals surface area (Å²) in [5.74, 6) is -1.31. The molecular weight excluding hydrogens is 292 g/mol. The molecule has 0 unspecified atom stereocenters. The van der Waals surface area contributed by atoms with E-state index in [-0.39, 0.29) is 27.9 Å². The second kappa shape index (κ2) is 6.19. The van der Waals surface area contributed by atoms with Gasteiger partial charge in [0, 0.05) is 11.1 Å². The summed E-state index contributed by atoms with van der Waals surface area (Å²) in [6, 6.07) is 3.32. The highest BCUT2D eigenvalue weighted by molar-refractivity contribution is 6.20. The largest absolute Gasteiger partial charge is 0.507 e. The summed E-state index contributed by atoms with van der Waals surface area (Å²) in [5, 5.41) is 20.1. The van der Waals surface area contributed by atoms with E-state index in [2.05, 4.69) is 0 Å². The van der Waals surface area contributed by atoms with E-state index in [9.17, 15) is 19.8 Å². The Labute approximate surface area is 137 Å². The number of aliphatic carboxylic acids is 1. The number of phenols is 1. The van der Waals surface area contributed by atoms with Gasteiger partial charge in [-0.15, -0.1) is 0 Å². The molecule has 0 spiro atoms. The molecule has 0 aliphatic heterocycles. The topological polar surface area (TPSA) is 74.6 Å². The summed E-state index contributed by atoms with van der Waals surface area (Å²) in [6.45, 7) is 13.0. The number of carbonyl (C=O) groups excluding carboxylic acids is 1. The van der Waals surface area contributed by atoms with Gasteiger partial charge in [-0.2, -0.15) is 0 Å². The smallest absolute Gasteiger partial charge is 0.336 e. The van der Waals surface area contributed by atoms with Crippen molar-refractivity contribution in [3.05, 3.63) is 34.9 Å². The molecule has 0 aromatic heterocycles. The zero-order valence-corrected chi connectivity index (χ0v) is 14.9. The molecule has 0 amide bonds. The fraction of sp³-hybridized carbons (Fsp3) is 0.474. The van der Waals surface area contributed by atoms with Gasteiger partial charge in [0.15, 0.2) is 5.78 Å². The number of hydrogen-bond acceptors (Lipinski definition) is 3. The molecular formula is C19H26O4. The Morgan fingerprint density at radius 1 is 0.957 bits per heavy atom. The molecule has 0 fully saturated rings. The van der Waals surface area contributed by atoms with E-state index in [4.69, 9.17) is 0 Å².